The van der Waals surface area contributed by atoms with Crippen LogP contribution in [0.1, 0.15) is 4.88 Å². The molecule has 0 saturated carbocycles. The zero-order valence-corrected chi connectivity index (χ0v) is 10.3. The molecule has 78 valence electrons. The van der Waals surface area contributed by atoms with Gasteiger partial charge in [-0.1, -0.05) is 0 Å². The molecule has 0 fully saturated rings. The second kappa shape index (κ2) is 4.63. The highest BCUT2D eigenvalue weighted by atomic mass is 79.9. The van der Waals surface area contributed by atoms with E-state index in [1.54, 1.807) is 23.7 Å². The van der Waals surface area contributed by atoms with Crippen molar-refractivity contribution in [1.82, 2.24) is 4.98 Å². The average molecular weight is 284 g/mol. The molecule has 15 heavy (non-hydrogen) atoms. The van der Waals surface area contributed by atoms with Crippen molar-refractivity contribution >= 4 is 38.6 Å². The van der Waals surface area contributed by atoms with E-state index in [9.17, 15) is 0 Å². The molecule has 0 radical (unpaired) electrons. The molecule has 0 spiro atoms. The monoisotopic (exact) mass is 283 g/mol. The number of pyridine rings is 1. The number of rotatable bonds is 3. The van der Waals surface area contributed by atoms with Crippen molar-refractivity contribution in [1.29, 1.82) is 0 Å². The van der Waals surface area contributed by atoms with Crippen LogP contribution in [0.5, 0.6) is 0 Å². The SMILES string of the molecule is Nc1cnccc1NCc1cc(Br)cs1. The molecule has 2 aromatic heterocycles. The highest BCUT2D eigenvalue weighted by Crippen LogP contribution is 2.22. The second-order valence-corrected chi connectivity index (χ2v) is 4.96. The summed E-state index contributed by atoms with van der Waals surface area (Å²) in [6, 6.07) is 3.97. The number of aromatic nitrogens is 1. The molecule has 0 bridgehead atoms. The summed E-state index contributed by atoms with van der Waals surface area (Å²) in [6.45, 7) is 0.782. The molecule has 0 unspecified atom stereocenters. The van der Waals surface area contributed by atoms with E-state index in [4.69, 9.17) is 5.73 Å². The van der Waals surface area contributed by atoms with Crippen LogP contribution in [0, 0.1) is 0 Å². The van der Waals surface area contributed by atoms with E-state index in [1.807, 2.05) is 6.07 Å². The lowest BCUT2D eigenvalue weighted by Gasteiger charge is -2.06. The number of nitrogen functional groups attached to an aromatic ring is 1. The van der Waals surface area contributed by atoms with Gasteiger partial charge in [0.05, 0.1) is 17.6 Å². The Hall–Kier alpha value is -1.07. The third-order valence-electron chi connectivity index (χ3n) is 1.93. The molecule has 2 heterocycles. The van der Waals surface area contributed by atoms with Crippen molar-refractivity contribution < 1.29 is 0 Å². The van der Waals surface area contributed by atoms with Crippen molar-refractivity contribution in [2.24, 2.45) is 0 Å². The molecule has 0 aromatic carbocycles. The van der Waals surface area contributed by atoms with Crippen molar-refractivity contribution in [2.45, 2.75) is 6.54 Å². The Morgan fingerprint density at radius 1 is 1.53 bits per heavy atom. The average Bonchev–Trinajstić information content (AvgIpc) is 2.63. The third-order valence-corrected chi connectivity index (χ3v) is 3.62. The molecule has 5 heteroatoms. The molecule has 3 N–H and O–H groups in total. The van der Waals surface area contributed by atoms with Gasteiger partial charge in [-0.2, -0.15) is 0 Å². The molecule has 2 aromatic rings. The summed E-state index contributed by atoms with van der Waals surface area (Å²) in [4.78, 5) is 5.20. The first-order valence-corrected chi connectivity index (χ1v) is 6.09. The lowest BCUT2D eigenvalue weighted by atomic mass is 10.3. The zero-order chi connectivity index (χ0) is 10.7. The van der Waals surface area contributed by atoms with Gasteiger partial charge in [0.25, 0.3) is 0 Å². The van der Waals surface area contributed by atoms with E-state index < -0.39 is 0 Å². The fraction of sp³-hybridized carbons (Fsp3) is 0.100. The van der Waals surface area contributed by atoms with Gasteiger partial charge >= 0.3 is 0 Å². The van der Waals surface area contributed by atoms with Crippen LogP contribution in [0.2, 0.25) is 0 Å². The summed E-state index contributed by atoms with van der Waals surface area (Å²) in [5, 5.41) is 5.33. The van der Waals surface area contributed by atoms with Gasteiger partial charge in [0.15, 0.2) is 0 Å². The number of nitrogens with one attached hydrogen (secondary N) is 1. The number of hydrogen-bond acceptors (Lipinski definition) is 4. The largest absolute Gasteiger partial charge is 0.396 e. The Labute approximate surface area is 100 Å². The maximum atomic E-state index is 5.76. The van der Waals surface area contributed by atoms with Crippen LogP contribution in [0.3, 0.4) is 0 Å². The Balaban J connectivity index is 2.02. The quantitative estimate of drug-likeness (QED) is 0.910. The first-order chi connectivity index (χ1) is 7.25. The normalized spacial score (nSPS) is 10.2. The van der Waals surface area contributed by atoms with Crippen molar-refractivity contribution in [3.05, 3.63) is 39.3 Å². The minimum Gasteiger partial charge on any atom is -0.396 e. The second-order valence-electron chi connectivity index (χ2n) is 3.05. The Morgan fingerprint density at radius 2 is 2.40 bits per heavy atom. The van der Waals surface area contributed by atoms with Gasteiger partial charge < -0.3 is 11.1 Å². The molecule has 0 saturated heterocycles. The predicted octanol–water partition coefficient (Wildman–Crippen LogP) is 3.10. The maximum absolute atomic E-state index is 5.76. The van der Waals surface area contributed by atoms with Crippen LogP contribution >= 0.6 is 27.3 Å². The smallest absolute Gasteiger partial charge is 0.0736 e. The number of hydrogen-bond donors (Lipinski definition) is 2. The number of thiophene rings is 1. The van der Waals surface area contributed by atoms with E-state index >= 15 is 0 Å². The van der Waals surface area contributed by atoms with Gasteiger partial charge in [-0.15, -0.1) is 11.3 Å². The summed E-state index contributed by atoms with van der Waals surface area (Å²) < 4.78 is 1.12. The van der Waals surface area contributed by atoms with E-state index in [-0.39, 0.29) is 0 Å². The van der Waals surface area contributed by atoms with E-state index in [0.717, 1.165) is 16.7 Å². The van der Waals surface area contributed by atoms with Crippen LogP contribution in [0.25, 0.3) is 0 Å². The fourth-order valence-electron chi connectivity index (χ4n) is 1.20. The number of nitrogens with two attached hydrogens (primary N) is 1. The van der Waals surface area contributed by atoms with Crippen molar-refractivity contribution in [2.75, 3.05) is 11.1 Å². The van der Waals surface area contributed by atoms with Gasteiger partial charge in [0, 0.05) is 27.5 Å². The zero-order valence-electron chi connectivity index (χ0n) is 7.90. The summed E-state index contributed by atoms with van der Waals surface area (Å²) in [7, 11) is 0. The van der Waals surface area contributed by atoms with Gasteiger partial charge in [-0.05, 0) is 28.1 Å². The lowest BCUT2D eigenvalue weighted by molar-refractivity contribution is 1.18. The van der Waals surface area contributed by atoms with Gasteiger partial charge in [0.1, 0.15) is 0 Å². The van der Waals surface area contributed by atoms with Gasteiger partial charge in [-0.3, -0.25) is 4.98 Å². The molecule has 0 atom stereocenters. The predicted molar refractivity (Wildman–Crippen MR) is 68.0 cm³/mol. The molecule has 0 amide bonds. The number of nitrogens with zero attached hydrogens (tertiary/aromatic N) is 1. The summed E-state index contributed by atoms with van der Waals surface area (Å²) in [6.07, 6.45) is 3.37. The van der Waals surface area contributed by atoms with Crippen LogP contribution in [0.4, 0.5) is 11.4 Å². The minimum absolute atomic E-state index is 0.674. The number of anilines is 2. The summed E-state index contributed by atoms with van der Waals surface area (Å²) in [5.41, 5.74) is 7.36. The molecule has 0 aliphatic carbocycles. The lowest BCUT2D eigenvalue weighted by Crippen LogP contribution is -2.01. The van der Waals surface area contributed by atoms with Crippen molar-refractivity contribution in [3.63, 3.8) is 0 Å². The highest BCUT2D eigenvalue weighted by molar-refractivity contribution is 9.10. The molecule has 2 rings (SSSR count). The first-order valence-electron chi connectivity index (χ1n) is 4.42. The first kappa shape index (κ1) is 10.4. The van der Waals surface area contributed by atoms with Crippen LogP contribution < -0.4 is 11.1 Å². The van der Waals surface area contributed by atoms with Crippen LogP contribution in [0.15, 0.2) is 34.4 Å². The molecular formula is C10H10BrN3S. The number of halogens is 1. The summed E-state index contributed by atoms with van der Waals surface area (Å²) in [5.74, 6) is 0. The molecule has 0 aliphatic rings. The summed E-state index contributed by atoms with van der Waals surface area (Å²) >= 11 is 5.13. The molecule has 0 aliphatic heterocycles. The maximum Gasteiger partial charge on any atom is 0.0736 e. The Bertz CT molecular complexity index is 455. The van der Waals surface area contributed by atoms with Gasteiger partial charge in [0.2, 0.25) is 0 Å². The fourth-order valence-corrected chi connectivity index (χ4v) is 2.59. The van der Waals surface area contributed by atoms with Crippen molar-refractivity contribution in [3.8, 4) is 0 Å². The van der Waals surface area contributed by atoms with Crippen LogP contribution in [-0.4, -0.2) is 4.98 Å². The minimum atomic E-state index is 0.674. The third kappa shape index (κ3) is 2.70. The highest BCUT2D eigenvalue weighted by Gasteiger charge is 2.00. The Kier molecular flexibility index (Phi) is 3.23. The van der Waals surface area contributed by atoms with E-state index in [0.29, 0.717) is 5.69 Å². The Morgan fingerprint density at radius 3 is 3.07 bits per heavy atom. The van der Waals surface area contributed by atoms with E-state index in [2.05, 4.69) is 37.7 Å². The topological polar surface area (TPSA) is 50.9 Å². The standard InChI is InChI=1S/C10H10BrN3S/c11-7-3-8(15-6-7)4-14-10-1-2-13-5-9(10)12/h1-3,5-6H,4,12H2,(H,13,14). The molecular weight excluding hydrogens is 274 g/mol. The van der Waals surface area contributed by atoms with E-state index in [1.165, 1.54) is 4.88 Å². The molecule has 3 nitrogen and oxygen atoms in total. The van der Waals surface area contributed by atoms with Crippen LogP contribution in [-0.2, 0) is 6.54 Å². The van der Waals surface area contributed by atoms with Gasteiger partial charge in [-0.25, -0.2) is 0 Å².